The summed E-state index contributed by atoms with van der Waals surface area (Å²) in [6, 6.07) is 6.73. The minimum atomic E-state index is -4.62. The molecule has 1 atom stereocenters. The van der Waals surface area contributed by atoms with E-state index in [1.807, 2.05) is 0 Å². The molecular weight excluding hydrogens is 378 g/mol. The number of alkyl halides is 3. The summed E-state index contributed by atoms with van der Waals surface area (Å²) in [5.74, 6) is -2.54. The van der Waals surface area contributed by atoms with Gasteiger partial charge in [0.15, 0.2) is 0 Å². The van der Waals surface area contributed by atoms with E-state index in [1.165, 1.54) is 6.07 Å². The summed E-state index contributed by atoms with van der Waals surface area (Å²) in [6.07, 6.45) is -2.98. The number of rotatable bonds is 6. The second kappa shape index (κ2) is 7.61. The fraction of sp³-hybridized carbons (Fsp3) is 0.300. The van der Waals surface area contributed by atoms with Gasteiger partial charge < -0.3 is 10.4 Å². The van der Waals surface area contributed by atoms with E-state index >= 15 is 0 Å². The highest BCUT2D eigenvalue weighted by Gasteiger charge is 2.31. The van der Waals surface area contributed by atoms with Crippen LogP contribution in [0.5, 0.6) is 0 Å². The highest BCUT2D eigenvalue weighted by Crippen LogP contribution is 2.41. The Hall–Kier alpha value is -2.90. The van der Waals surface area contributed by atoms with Gasteiger partial charge in [-0.2, -0.15) is 13.2 Å². The molecule has 0 spiro atoms. The standard InChI is InChI=1S/C20H17F4NO3/c21-16-8-11(4-7-15(16)12-5-6-12)9-17(19(27)28)25-18(26)13-2-1-3-14(10-13)20(22,23)24/h1-4,7-8,10,12,17H,5-6,9H2,(H,25,26)(H,27,28)/t17-/m1/s1. The van der Waals surface area contributed by atoms with Crippen LogP contribution in [-0.2, 0) is 17.4 Å². The first kappa shape index (κ1) is 19.9. The Morgan fingerprint density at radius 1 is 1.14 bits per heavy atom. The van der Waals surface area contributed by atoms with Gasteiger partial charge in [0.05, 0.1) is 5.56 Å². The number of hydrogen-bond donors (Lipinski definition) is 2. The molecule has 0 aliphatic heterocycles. The number of aliphatic carboxylic acids is 1. The van der Waals surface area contributed by atoms with Gasteiger partial charge in [0, 0.05) is 12.0 Å². The first-order chi connectivity index (χ1) is 13.1. The van der Waals surface area contributed by atoms with E-state index in [1.54, 1.807) is 12.1 Å². The minimum Gasteiger partial charge on any atom is -0.480 e. The third kappa shape index (κ3) is 4.68. The van der Waals surface area contributed by atoms with Crippen LogP contribution in [0, 0.1) is 5.82 Å². The van der Waals surface area contributed by atoms with Crippen molar-refractivity contribution in [3.63, 3.8) is 0 Å². The number of carboxylic acids is 1. The predicted octanol–water partition coefficient (Wildman–Crippen LogP) is 4.15. The summed E-state index contributed by atoms with van der Waals surface area (Å²) in [5, 5.41) is 11.5. The lowest BCUT2D eigenvalue weighted by atomic mass is 10.0. The average Bonchev–Trinajstić information content (AvgIpc) is 3.45. The zero-order valence-electron chi connectivity index (χ0n) is 14.6. The fourth-order valence-corrected chi connectivity index (χ4v) is 2.94. The minimum absolute atomic E-state index is 0.193. The van der Waals surface area contributed by atoms with E-state index < -0.39 is 35.5 Å². The number of benzene rings is 2. The summed E-state index contributed by atoms with van der Waals surface area (Å²) in [6.45, 7) is 0. The second-order valence-electron chi connectivity index (χ2n) is 6.78. The van der Waals surface area contributed by atoms with Gasteiger partial charge in [0.25, 0.3) is 5.91 Å². The van der Waals surface area contributed by atoms with Gasteiger partial charge >= 0.3 is 12.1 Å². The zero-order valence-corrected chi connectivity index (χ0v) is 14.6. The Morgan fingerprint density at radius 2 is 1.86 bits per heavy atom. The van der Waals surface area contributed by atoms with Crippen molar-refractivity contribution in [3.8, 4) is 0 Å². The summed E-state index contributed by atoms with van der Waals surface area (Å²) in [5.41, 5.74) is -0.358. The maximum absolute atomic E-state index is 14.1. The maximum Gasteiger partial charge on any atom is 0.416 e. The van der Waals surface area contributed by atoms with E-state index in [2.05, 4.69) is 5.32 Å². The van der Waals surface area contributed by atoms with Crippen LogP contribution in [0.25, 0.3) is 0 Å². The Labute approximate surface area is 158 Å². The van der Waals surface area contributed by atoms with Crippen LogP contribution in [0.15, 0.2) is 42.5 Å². The van der Waals surface area contributed by atoms with Gasteiger partial charge in [-0.1, -0.05) is 18.2 Å². The first-order valence-corrected chi connectivity index (χ1v) is 8.64. The van der Waals surface area contributed by atoms with Crippen molar-refractivity contribution < 1.29 is 32.3 Å². The number of halogens is 4. The second-order valence-corrected chi connectivity index (χ2v) is 6.78. The molecule has 0 heterocycles. The van der Waals surface area contributed by atoms with Gasteiger partial charge in [-0.05, 0) is 54.2 Å². The topological polar surface area (TPSA) is 66.4 Å². The van der Waals surface area contributed by atoms with E-state index in [0.29, 0.717) is 17.2 Å². The van der Waals surface area contributed by atoms with Gasteiger partial charge in [-0.15, -0.1) is 0 Å². The lowest BCUT2D eigenvalue weighted by Crippen LogP contribution is -2.42. The summed E-state index contributed by atoms with van der Waals surface area (Å²) < 4.78 is 52.5. The Morgan fingerprint density at radius 3 is 2.43 bits per heavy atom. The van der Waals surface area contributed by atoms with Crippen molar-refractivity contribution in [2.45, 2.75) is 37.4 Å². The lowest BCUT2D eigenvalue weighted by molar-refractivity contribution is -0.139. The highest BCUT2D eigenvalue weighted by atomic mass is 19.4. The van der Waals surface area contributed by atoms with Gasteiger partial charge in [-0.3, -0.25) is 4.79 Å². The van der Waals surface area contributed by atoms with Crippen molar-refractivity contribution in [3.05, 3.63) is 70.5 Å². The highest BCUT2D eigenvalue weighted by molar-refractivity contribution is 5.96. The lowest BCUT2D eigenvalue weighted by Gasteiger charge is -2.16. The van der Waals surface area contributed by atoms with Crippen LogP contribution in [-0.4, -0.2) is 23.0 Å². The molecule has 148 valence electrons. The molecule has 1 fully saturated rings. The first-order valence-electron chi connectivity index (χ1n) is 8.64. The number of carbonyl (C=O) groups excluding carboxylic acids is 1. The molecule has 4 nitrogen and oxygen atoms in total. The monoisotopic (exact) mass is 395 g/mol. The van der Waals surface area contributed by atoms with Crippen LogP contribution in [0.3, 0.4) is 0 Å². The number of amides is 1. The van der Waals surface area contributed by atoms with Crippen molar-refractivity contribution >= 4 is 11.9 Å². The maximum atomic E-state index is 14.1. The van der Waals surface area contributed by atoms with Crippen molar-refractivity contribution in [1.82, 2.24) is 5.32 Å². The summed E-state index contributed by atoms with van der Waals surface area (Å²) in [7, 11) is 0. The molecule has 1 amide bonds. The van der Waals surface area contributed by atoms with Crippen LogP contribution in [0.4, 0.5) is 17.6 Å². The van der Waals surface area contributed by atoms with Crippen LogP contribution in [0.2, 0.25) is 0 Å². The molecule has 3 rings (SSSR count). The molecule has 0 unspecified atom stereocenters. The molecule has 0 radical (unpaired) electrons. The molecule has 1 saturated carbocycles. The predicted molar refractivity (Wildman–Crippen MR) is 92.4 cm³/mol. The van der Waals surface area contributed by atoms with Crippen LogP contribution in [0.1, 0.15) is 45.8 Å². The van der Waals surface area contributed by atoms with E-state index in [4.69, 9.17) is 0 Å². The largest absolute Gasteiger partial charge is 0.480 e. The SMILES string of the molecule is O=C(N[C@H](Cc1ccc(C2CC2)c(F)c1)C(=O)O)c1cccc(C(F)(F)F)c1. The fourth-order valence-electron chi connectivity index (χ4n) is 2.94. The molecule has 0 bridgehead atoms. The smallest absolute Gasteiger partial charge is 0.416 e. The van der Waals surface area contributed by atoms with Crippen LogP contribution < -0.4 is 5.32 Å². The third-order valence-electron chi connectivity index (χ3n) is 4.58. The molecule has 0 aromatic heterocycles. The zero-order chi connectivity index (χ0) is 20.5. The molecule has 8 heteroatoms. The molecule has 1 aliphatic carbocycles. The van der Waals surface area contributed by atoms with Crippen molar-refractivity contribution in [2.24, 2.45) is 0 Å². The molecule has 2 aromatic carbocycles. The van der Waals surface area contributed by atoms with Crippen LogP contribution >= 0.6 is 0 Å². The Balaban J connectivity index is 1.73. The number of carbonyl (C=O) groups is 2. The Kier molecular flexibility index (Phi) is 5.40. The molecule has 1 aliphatic rings. The molecule has 28 heavy (non-hydrogen) atoms. The van der Waals surface area contributed by atoms with Gasteiger partial charge in [-0.25, -0.2) is 9.18 Å². The van der Waals surface area contributed by atoms with E-state index in [9.17, 15) is 32.3 Å². The number of carboxylic acid groups (broad SMARTS) is 1. The molecule has 0 saturated heterocycles. The third-order valence-corrected chi connectivity index (χ3v) is 4.58. The van der Waals surface area contributed by atoms with Gasteiger partial charge in [0.2, 0.25) is 0 Å². The molecular formula is C20H17F4NO3. The molecule has 2 aromatic rings. The van der Waals surface area contributed by atoms with Gasteiger partial charge in [0.1, 0.15) is 11.9 Å². The number of hydrogen-bond acceptors (Lipinski definition) is 2. The normalized spacial score (nSPS) is 15.1. The summed E-state index contributed by atoms with van der Waals surface area (Å²) >= 11 is 0. The van der Waals surface area contributed by atoms with E-state index in [-0.39, 0.29) is 17.9 Å². The summed E-state index contributed by atoms with van der Waals surface area (Å²) in [4.78, 5) is 23.7. The van der Waals surface area contributed by atoms with E-state index in [0.717, 1.165) is 31.0 Å². The average molecular weight is 395 g/mol. The van der Waals surface area contributed by atoms with Crippen molar-refractivity contribution in [2.75, 3.05) is 0 Å². The number of nitrogens with one attached hydrogen (secondary N) is 1. The van der Waals surface area contributed by atoms with Crippen molar-refractivity contribution in [1.29, 1.82) is 0 Å². The quantitative estimate of drug-likeness (QED) is 0.723. The Bertz CT molecular complexity index is 907. The molecule has 2 N–H and O–H groups in total.